The van der Waals surface area contributed by atoms with Crippen molar-refractivity contribution < 1.29 is 54.9 Å². The highest BCUT2D eigenvalue weighted by molar-refractivity contribution is 6.93. The molecule has 47 heavy (non-hydrogen) atoms. The third-order valence-corrected chi connectivity index (χ3v) is 10.6. The highest BCUT2D eigenvalue weighted by Gasteiger charge is 2.65. The minimum atomic E-state index is -5.21. The van der Waals surface area contributed by atoms with Gasteiger partial charge in [0.25, 0.3) is 11.2 Å². The van der Waals surface area contributed by atoms with Crippen molar-refractivity contribution in [3.8, 4) is 0 Å². The Hall–Kier alpha value is -3.94. The summed E-state index contributed by atoms with van der Waals surface area (Å²) in [5, 5.41) is 1.02. The molecule has 0 bridgehead atoms. The molecule has 0 radical (unpaired) electrons. The zero-order valence-corrected chi connectivity index (χ0v) is 27.2. The molecule has 0 aliphatic heterocycles. The lowest BCUT2D eigenvalue weighted by Crippen LogP contribution is -2.52. The molecule has 0 fully saturated rings. The number of carbonyl (C=O) groups excluding carboxylic acids is 2. The Labute approximate surface area is 270 Å². The van der Waals surface area contributed by atoms with Gasteiger partial charge in [-0.3, -0.25) is 0 Å². The molecular formula is C34H36F6O6Si. The van der Waals surface area contributed by atoms with Crippen molar-refractivity contribution in [1.29, 1.82) is 0 Å². The number of halogens is 6. The SMILES string of the molecule is CO[C@](C(=O)OCC[C@H](/C=C\[Si](C)(C)c1ccccc1)COC(=O)[C@@](OC)(c1ccccc1)C(F)(F)F)(c1ccccc1)C(F)(F)F. The molecule has 0 saturated heterocycles. The molecule has 0 aliphatic rings. The zero-order valence-electron chi connectivity index (χ0n) is 26.2. The van der Waals surface area contributed by atoms with Crippen molar-refractivity contribution >= 4 is 25.2 Å². The van der Waals surface area contributed by atoms with Gasteiger partial charge in [0, 0.05) is 31.3 Å². The van der Waals surface area contributed by atoms with Crippen LogP contribution in [0.2, 0.25) is 13.1 Å². The average Bonchev–Trinajstić information content (AvgIpc) is 3.03. The first-order valence-corrected chi connectivity index (χ1v) is 17.6. The lowest BCUT2D eigenvalue weighted by molar-refractivity contribution is -0.278. The van der Waals surface area contributed by atoms with E-state index in [2.05, 4.69) is 0 Å². The molecule has 3 aromatic carbocycles. The summed E-state index contributed by atoms with van der Waals surface area (Å²) in [5.41, 5.74) is -5.98. The van der Waals surface area contributed by atoms with E-state index in [0.717, 1.165) is 43.7 Å². The van der Waals surface area contributed by atoms with Crippen LogP contribution in [-0.2, 0) is 39.7 Å². The number of alkyl halides is 6. The third-order valence-electron chi connectivity index (χ3n) is 7.80. The maximum atomic E-state index is 14.4. The van der Waals surface area contributed by atoms with Gasteiger partial charge in [-0.2, -0.15) is 26.3 Å². The van der Waals surface area contributed by atoms with E-state index < -0.39 is 73.8 Å². The second kappa shape index (κ2) is 15.3. The topological polar surface area (TPSA) is 71.1 Å². The molecule has 0 unspecified atom stereocenters. The third kappa shape index (κ3) is 8.14. The smallest absolute Gasteiger partial charge is 0.432 e. The highest BCUT2D eigenvalue weighted by Crippen LogP contribution is 2.44. The van der Waals surface area contributed by atoms with Crippen LogP contribution in [0.1, 0.15) is 17.5 Å². The summed E-state index contributed by atoms with van der Waals surface area (Å²) in [4.78, 5) is 26.2. The van der Waals surface area contributed by atoms with Crippen molar-refractivity contribution in [2.75, 3.05) is 27.4 Å². The van der Waals surface area contributed by atoms with E-state index in [1.165, 1.54) is 36.4 Å². The molecule has 6 nitrogen and oxygen atoms in total. The molecule has 0 saturated carbocycles. The summed E-state index contributed by atoms with van der Waals surface area (Å²) in [6.07, 6.45) is -8.98. The van der Waals surface area contributed by atoms with Gasteiger partial charge in [0.2, 0.25) is 0 Å². The van der Waals surface area contributed by atoms with Crippen molar-refractivity contribution in [2.24, 2.45) is 5.92 Å². The Morgan fingerprint density at radius 1 is 0.681 bits per heavy atom. The van der Waals surface area contributed by atoms with Crippen LogP contribution in [-0.4, -0.2) is 59.8 Å². The summed E-state index contributed by atoms with van der Waals surface area (Å²) >= 11 is 0. The number of esters is 2. The molecule has 3 atom stereocenters. The van der Waals surface area contributed by atoms with Gasteiger partial charge >= 0.3 is 24.3 Å². The average molecular weight is 683 g/mol. The minimum Gasteiger partial charge on any atom is -0.463 e. The van der Waals surface area contributed by atoms with Crippen LogP contribution < -0.4 is 5.19 Å². The zero-order chi connectivity index (χ0) is 34.9. The van der Waals surface area contributed by atoms with Crippen LogP contribution in [0.25, 0.3) is 0 Å². The fraction of sp³-hybridized carbons (Fsp3) is 0.353. The van der Waals surface area contributed by atoms with Gasteiger partial charge in [0.05, 0.1) is 13.2 Å². The monoisotopic (exact) mass is 682 g/mol. The predicted octanol–water partition coefficient (Wildman–Crippen LogP) is 7.00. The number of rotatable bonds is 14. The summed E-state index contributed by atoms with van der Waals surface area (Å²) in [6, 6.07) is 21.9. The quantitative estimate of drug-likeness (QED) is 0.104. The Morgan fingerprint density at radius 2 is 1.09 bits per heavy atom. The molecule has 0 amide bonds. The molecule has 13 heteroatoms. The maximum Gasteiger partial charge on any atom is 0.432 e. The van der Waals surface area contributed by atoms with Crippen molar-refractivity contribution in [2.45, 2.75) is 43.1 Å². The molecule has 3 aromatic rings. The van der Waals surface area contributed by atoms with Crippen molar-refractivity contribution in [3.05, 3.63) is 114 Å². The summed E-state index contributed by atoms with van der Waals surface area (Å²) in [7, 11) is -0.820. The summed E-state index contributed by atoms with van der Waals surface area (Å²) in [6.45, 7) is 2.80. The largest absolute Gasteiger partial charge is 0.463 e. The standard InChI is InChI=1S/C34H36F6O6Si/c1-43-31(33(35,36)37,26-14-8-5-9-15-26)29(41)45-22-20-25(21-23-47(3,4)28-18-12-7-13-19-28)24-46-30(42)32(44-2,34(38,39)40)27-16-10-6-11-17-27/h5-19,21,23,25H,20,22,24H2,1-4H3/b23-21-/t25-,31+,32+/m1/s1. The Bertz CT molecular complexity index is 1480. The summed E-state index contributed by atoms with van der Waals surface area (Å²) < 4.78 is 106. The maximum absolute atomic E-state index is 14.4. The molecule has 0 aromatic heterocycles. The Kier molecular flexibility index (Phi) is 12.2. The molecule has 0 spiro atoms. The van der Waals surface area contributed by atoms with E-state index in [-0.39, 0.29) is 6.42 Å². The minimum absolute atomic E-state index is 0.196. The number of hydrogen-bond donors (Lipinski definition) is 0. The first kappa shape index (κ1) is 37.5. The van der Waals surface area contributed by atoms with Crippen molar-refractivity contribution in [3.63, 3.8) is 0 Å². The van der Waals surface area contributed by atoms with Gasteiger partial charge in [0.1, 0.15) is 8.07 Å². The second-order valence-corrected chi connectivity index (χ2v) is 15.6. The van der Waals surface area contributed by atoms with E-state index in [4.69, 9.17) is 18.9 Å². The van der Waals surface area contributed by atoms with Gasteiger partial charge in [-0.25, -0.2) is 9.59 Å². The Balaban J connectivity index is 1.89. The van der Waals surface area contributed by atoms with E-state index in [1.807, 2.05) is 49.1 Å². The van der Waals surface area contributed by atoms with Crippen molar-refractivity contribution in [1.82, 2.24) is 0 Å². The van der Waals surface area contributed by atoms with Gasteiger partial charge in [0.15, 0.2) is 0 Å². The van der Waals surface area contributed by atoms with E-state index in [1.54, 1.807) is 6.08 Å². The highest BCUT2D eigenvalue weighted by atomic mass is 28.3. The van der Waals surface area contributed by atoms with Gasteiger partial charge < -0.3 is 18.9 Å². The fourth-order valence-electron chi connectivity index (χ4n) is 5.04. The number of ether oxygens (including phenoxy) is 4. The van der Waals surface area contributed by atoms with Gasteiger partial charge in [-0.1, -0.05) is 121 Å². The number of benzene rings is 3. The number of methoxy groups -OCH3 is 2. The number of hydrogen-bond acceptors (Lipinski definition) is 6. The lowest BCUT2D eigenvalue weighted by atomic mass is 9.92. The molecule has 254 valence electrons. The normalized spacial score (nSPS) is 15.8. The van der Waals surface area contributed by atoms with Crippen LogP contribution in [0.4, 0.5) is 26.3 Å². The van der Waals surface area contributed by atoms with E-state index in [0.29, 0.717) is 0 Å². The number of carbonyl (C=O) groups is 2. The van der Waals surface area contributed by atoms with Crippen LogP contribution in [0.3, 0.4) is 0 Å². The molecule has 0 aliphatic carbocycles. The van der Waals surface area contributed by atoms with Crippen LogP contribution in [0.5, 0.6) is 0 Å². The molecule has 0 heterocycles. The van der Waals surface area contributed by atoms with Crippen LogP contribution in [0.15, 0.2) is 103 Å². The van der Waals surface area contributed by atoms with E-state index in [9.17, 15) is 35.9 Å². The van der Waals surface area contributed by atoms with E-state index >= 15 is 0 Å². The predicted molar refractivity (Wildman–Crippen MR) is 165 cm³/mol. The van der Waals surface area contributed by atoms with Crippen LogP contribution >= 0.6 is 0 Å². The fourth-order valence-corrected chi connectivity index (χ4v) is 7.04. The molecule has 3 rings (SSSR count). The van der Waals surface area contributed by atoms with Gasteiger partial charge in [-0.05, 0) is 6.42 Å². The van der Waals surface area contributed by atoms with Gasteiger partial charge in [-0.15, -0.1) is 0 Å². The molecule has 0 N–H and O–H groups in total. The summed E-state index contributed by atoms with van der Waals surface area (Å²) in [5.74, 6) is -4.31. The first-order chi connectivity index (χ1) is 22.1. The Morgan fingerprint density at radius 3 is 1.49 bits per heavy atom. The second-order valence-electron chi connectivity index (χ2n) is 11.2. The lowest BCUT2D eigenvalue weighted by Gasteiger charge is -2.33. The van der Waals surface area contributed by atoms with Crippen LogP contribution in [0, 0.1) is 5.92 Å². The first-order valence-electron chi connectivity index (χ1n) is 14.5. The molecular weight excluding hydrogens is 646 g/mol.